The molecule has 4 nitrogen and oxygen atoms in total. The van der Waals surface area contributed by atoms with Crippen LogP contribution in [0.5, 0.6) is 11.5 Å². The second-order valence-electron chi connectivity index (χ2n) is 9.52. The second-order valence-corrected chi connectivity index (χ2v) is 9.52. The van der Waals surface area contributed by atoms with E-state index in [0.717, 1.165) is 46.4 Å². The lowest BCUT2D eigenvalue weighted by Crippen LogP contribution is -2.08. The van der Waals surface area contributed by atoms with Crippen molar-refractivity contribution in [3.63, 3.8) is 0 Å². The highest BCUT2D eigenvalue weighted by Gasteiger charge is 2.19. The van der Waals surface area contributed by atoms with E-state index < -0.39 is 0 Å². The number of carbonyl (C=O) groups excluding carboxylic acids is 2. The third-order valence-corrected chi connectivity index (χ3v) is 6.90. The Labute approximate surface area is 222 Å². The molecule has 5 aromatic carbocycles. The molecule has 0 aliphatic carbocycles. The van der Waals surface area contributed by atoms with E-state index in [1.54, 1.807) is 6.07 Å². The molecular weight excluding hydrogens is 472 g/mol. The number of ether oxygens (including phenoxy) is 1. The lowest BCUT2D eigenvalue weighted by molar-refractivity contribution is -0.134. The molecule has 0 fully saturated rings. The van der Waals surface area contributed by atoms with Crippen molar-refractivity contribution < 1.29 is 19.4 Å². The van der Waals surface area contributed by atoms with Crippen LogP contribution >= 0.6 is 0 Å². The van der Waals surface area contributed by atoms with Crippen molar-refractivity contribution in [3.05, 3.63) is 109 Å². The van der Waals surface area contributed by atoms with Crippen LogP contribution in [0.3, 0.4) is 0 Å². The first-order chi connectivity index (χ1) is 18.6. The van der Waals surface area contributed by atoms with Crippen LogP contribution in [0.25, 0.3) is 32.7 Å². The number of aromatic hydroxyl groups is 1. The molecule has 0 radical (unpaired) electrons. The Morgan fingerprint density at radius 3 is 1.87 bits per heavy atom. The van der Waals surface area contributed by atoms with Gasteiger partial charge in [-0.25, -0.2) is 0 Å². The fraction of sp³-hybridized carbons (Fsp3) is 0.176. The van der Waals surface area contributed by atoms with E-state index >= 15 is 0 Å². The maximum Gasteiger partial charge on any atom is 0.311 e. The van der Waals surface area contributed by atoms with E-state index in [0.29, 0.717) is 36.1 Å². The molecule has 1 N–H and O–H groups in total. The number of carbonyl (C=O) groups is 2. The standard InChI is InChI=1S/C34H30O4/c35-29(26-14-4-3-5-15-26)18-6-1-2-7-19-32(37)38-31-23-21-25-13-9-11-17-28(25)34(31)33-27-16-10-8-12-24(27)20-22-30(33)36/h3-5,8-17,20-23,36H,1-2,6-7,18-19H2. The first kappa shape index (κ1) is 25.2. The van der Waals surface area contributed by atoms with Gasteiger partial charge in [-0.2, -0.15) is 0 Å². The summed E-state index contributed by atoms with van der Waals surface area (Å²) >= 11 is 0. The molecule has 0 spiro atoms. The average molecular weight is 503 g/mol. The number of Topliss-reactive ketones (excluding diaryl/α,β-unsaturated/α-hetero) is 1. The molecule has 0 aliphatic rings. The van der Waals surface area contributed by atoms with Gasteiger partial charge in [0.1, 0.15) is 11.5 Å². The zero-order chi connectivity index (χ0) is 26.3. The average Bonchev–Trinajstić information content (AvgIpc) is 2.95. The Morgan fingerprint density at radius 1 is 0.579 bits per heavy atom. The van der Waals surface area contributed by atoms with Crippen molar-refractivity contribution in [2.45, 2.75) is 38.5 Å². The highest BCUT2D eigenvalue weighted by Crippen LogP contribution is 2.45. The zero-order valence-corrected chi connectivity index (χ0v) is 21.2. The van der Waals surface area contributed by atoms with Crippen LogP contribution in [0, 0.1) is 0 Å². The number of benzene rings is 5. The van der Waals surface area contributed by atoms with Gasteiger partial charge in [0, 0.05) is 29.5 Å². The maximum atomic E-state index is 12.9. The van der Waals surface area contributed by atoms with Crippen molar-refractivity contribution in [1.82, 2.24) is 0 Å². The topological polar surface area (TPSA) is 63.6 Å². The lowest BCUT2D eigenvalue weighted by atomic mass is 9.92. The van der Waals surface area contributed by atoms with Crippen molar-refractivity contribution in [2.75, 3.05) is 0 Å². The Kier molecular flexibility index (Phi) is 7.79. The molecule has 0 aromatic heterocycles. The first-order valence-corrected chi connectivity index (χ1v) is 13.1. The Bertz CT molecular complexity index is 1590. The highest BCUT2D eigenvalue weighted by atomic mass is 16.5. The third kappa shape index (κ3) is 5.60. The maximum absolute atomic E-state index is 12.9. The van der Waals surface area contributed by atoms with Crippen molar-refractivity contribution in [1.29, 1.82) is 0 Å². The molecule has 190 valence electrons. The second kappa shape index (κ2) is 11.7. The summed E-state index contributed by atoms with van der Waals surface area (Å²) in [5, 5.41) is 14.8. The van der Waals surface area contributed by atoms with Crippen molar-refractivity contribution in [3.8, 4) is 22.6 Å². The number of ketones is 1. The Morgan fingerprint density at radius 2 is 1.16 bits per heavy atom. The predicted molar refractivity (Wildman–Crippen MR) is 153 cm³/mol. The van der Waals surface area contributed by atoms with Gasteiger partial charge in [0.15, 0.2) is 5.78 Å². The number of phenolic OH excluding ortho intramolecular Hbond substituents is 1. The molecule has 0 atom stereocenters. The summed E-state index contributed by atoms with van der Waals surface area (Å²) in [6, 6.07) is 32.5. The normalized spacial score (nSPS) is 11.1. The van der Waals surface area contributed by atoms with E-state index in [2.05, 4.69) is 0 Å². The van der Waals surface area contributed by atoms with E-state index in [-0.39, 0.29) is 17.5 Å². The molecule has 0 bridgehead atoms. The van der Waals surface area contributed by atoms with Crippen LogP contribution < -0.4 is 4.74 Å². The summed E-state index contributed by atoms with van der Waals surface area (Å²) in [4.78, 5) is 25.1. The smallest absolute Gasteiger partial charge is 0.311 e. The molecule has 5 rings (SSSR count). The fourth-order valence-corrected chi connectivity index (χ4v) is 4.97. The minimum absolute atomic E-state index is 0.141. The lowest BCUT2D eigenvalue weighted by Gasteiger charge is -2.16. The molecule has 5 aromatic rings. The van der Waals surface area contributed by atoms with E-state index in [9.17, 15) is 14.7 Å². The molecule has 0 heterocycles. The SMILES string of the molecule is O=C(CCCCCCC(=O)c1ccccc1)Oc1ccc2ccccc2c1-c1c(O)ccc2ccccc12. The molecule has 4 heteroatoms. The Balaban J connectivity index is 1.28. The first-order valence-electron chi connectivity index (χ1n) is 13.1. The number of phenols is 1. The summed E-state index contributed by atoms with van der Waals surface area (Å²) in [6.45, 7) is 0. The van der Waals surface area contributed by atoms with Crippen LogP contribution in [0.15, 0.2) is 103 Å². The quantitative estimate of drug-likeness (QED) is 0.0900. The van der Waals surface area contributed by atoms with Crippen LogP contribution in [0.2, 0.25) is 0 Å². The summed E-state index contributed by atoms with van der Waals surface area (Å²) < 4.78 is 5.91. The van der Waals surface area contributed by atoms with Gasteiger partial charge in [-0.15, -0.1) is 0 Å². The number of rotatable bonds is 10. The minimum atomic E-state index is -0.304. The summed E-state index contributed by atoms with van der Waals surface area (Å²) in [6.07, 6.45) is 4.05. The van der Waals surface area contributed by atoms with Crippen LogP contribution in [-0.4, -0.2) is 16.9 Å². The van der Waals surface area contributed by atoms with E-state index in [1.165, 1.54) is 0 Å². The van der Waals surface area contributed by atoms with Gasteiger partial charge in [-0.05, 0) is 46.5 Å². The van der Waals surface area contributed by atoms with Crippen molar-refractivity contribution in [2.24, 2.45) is 0 Å². The number of unbranched alkanes of at least 4 members (excludes halogenated alkanes) is 3. The van der Waals surface area contributed by atoms with E-state index in [4.69, 9.17) is 4.74 Å². The highest BCUT2D eigenvalue weighted by molar-refractivity contribution is 6.10. The van der Waals surface area contributed by atoms with Gasteiger partial charge in [-0.3, -0.25) is 9.59 Å². The number of fused-ring (bicyclic) bond motifs is 2. The van der Waals surface area contributed by atoms with Gasteiger partial charge < -0.3 is 9.84 Å². The van der Waals surface area contributed by atoms with Gasteiger partial charge in [0.25, 0.3) is 0 Å². The minimum Gasteiger partial charge on any atom is -0.507 e. The summed E-state index contributed by atoms with van der Waals surface area (Å²) in [5.74, 6) is 0.434. The molecular formula is C34H30O4. The monoisotopic (exact) mass is 502 g/mol. The largest absolute Gasteiger partial charge is 0.507 e. The van der Waals surface area contributed by atoms with Crippen LogP contribution in [0.4, 0.5) is 0 Å². The molecule has 0 aliphatic heterocycles. The molecule has 0 saturated heterocycles. The number of esters is 1. The summed E-state index contributed by atoms with van der Waals surface area (Å²) in [7, 11) is 0. The molecule has 38 heavy (non-hydrogen) atoms. The predicted octanol–water partition coefficient (Wildman–Crippen LogP) is 8.49. The third-order valence-electron chi connectivity index (χ3n) is 6.90. The Hall–Kier alpha value is -4.44. The van der Waals surface area contributed by atoms with Crippen LogP contribution in [0.1, 0.15) is 48.9 Å². The number of hydrogen-bond donors (Lipinski definition) is 1. The fourth-order valence-electron chi connectivity index (χ4n) is 4.97. The number of hydrogen-bond acceptors (Lipinski definition) is 4. The van der Waals surface area contributed by atoms with Gasteiger partial charge in [0.2, 0.25) is 0 Å². The van der Waals surface area contributed by atoms with E-state index in [1.807, 2.05) is 97.1 Å². The van der Waals surface area contributed by atoms with Gasteiger partial charge >= 0.3 is 5.97 Å². The molecule has 0 unspecified atom stereocenters. The van der Waals surface area contributed by atoms with Crippen LogP contribution in [-0.2, 0) is 4.79 Å². The molecule has 0 amide bonds. The van der Waals surface area contributed by atoms with Gasteiger partial charge in [0.05, 0.1) is 0 Å². The van der Waals surface area contributed by atoms with Gasteiger partial charge in [-0.1, -0.05) is 104 Å². The molecule has 0 saturated carbocycles. The zero-order valence-electron chi connectivity index (χ0n) is 21.2. The van der Waals surface area contributed by atoms with Crippen molar-refractivity contribution >= 4 is 33.3 Å². The summed E-state index contributed by atoms with van der Waals surface area (Å²) in [5.41, 5.74) is 2.12.